The van der Waals surface area contributed by atoms with Crippen molar-refractivity contribution in [3.63, 3.8) is 0 Å². The quantitative estimate of drug-likeness (QED) is 0.252. The predicted octanol–water partition coefficient (Wildman–Crippen LogP) is -3.22. The zero-order chi connectivity index (χ0) is 12.0. The second kappa shape index (κ2) is 7.07. The van der Waals surface area contributed by atoms with Gasteiger partial charge in [-0.05, 0) is 6.92 Å². The molecule has 0 amide bonds. The van der Waals surface area contributed by atoms with E-state index in [0.29, 0.717) is 0 Å². The summed E-state index contributed by atoms with van der Waals surface area (Å²) in [6.07, 6.45) is -7.45. The molecule has 0 bridgehead atoms. The lowest BCUT2D eigenvalue weighted by Gasteiger charge is -2.25. The third-order valence-corrected chi connectivity index (χ3v) is 1.83. The van der Waals surface area contributed by atoms with Crippen LogP contribution in [0.2, 0.25) is 0 Å². The van der Waals surface area contributed by atoms with Gasteiger partial charge in [-0.15, -0.1) is 0 Å². The van der Waals surface area contributed by atoms with Crippen molar-refractivity contribution in [2.75, 3.05) is 13.2 Å². The minimum absolute atomic E-state index is 0.395. The molecule has 0 aromatic heterocycles. The molecule has 0 saturated heterocycles. The van der Waals surface area contributed by atoms with Crippen LogP contribution in [0.3, 0.4) is 0 Å². The highest BCUT2D eigenvalue weighted by atomic mass is 16.6. The number of aliphatic hydroxyl groups excluding tert-OH is 6. The van der Waals surface area contributed by atoms with Crippen molar-refractivity contribution in [1.82, 2.24) is 0 Å². The lowest BCUT2D eigenvalue weighted by molar-refractivity contribution is -0.157. The minimum atomic E-state index is -1.68. The molecule has 0 aliphatic rings. The van der Waals surface area contributed by atoms with E-state index in [4.69, 9.17) is 15.3 Å². The number of hydrogen-bond acceptors (Lipinski definition) is 7. The molecule has 15 heavy (non-hydrogen) atoms. The summed E-state index contributed by atoms with van der Waals surface area (Å²) in [5.74, 6) is 0. The fourth-order valence-corrected chi connectivity index (χ4v) is 0.900. The Morgan fingerprint density at radius 3 is 1.80 bits per heavy atom. The van der Waals surface area contributed by atoms with Crippen molar-refractivity contribution in [2.24, 2.45) is 0 Å². The minimum Gasteiger partial charge on any atom is -0.394 e. The smallest absolute Gasteiger partial charge is 0.151 e. The Bertz CT molecular complexity index is 163. The van der Waals surface area contributed by atoms with Gasteiger partial charge in [0.05, 0.1) is 13.2 Å². The molecule has 0 saturated carbocycles. The molecule has 7 nitrogen and oxygen atoms in total. The molecule has 0 heterocycles. The van der Waals surface area contributed by atoms with E-state index >= 15 is 0 Å². The molecular formula is C8H18O7. The predicted molar refractivity (Wildman–Crippen MR) is 48.7 cm³/mol. The van der Waals surface area contributed by atoms with Crippen LogP contribution in [-0.4, -0.2) is 74.6 Å². The van der Waals surface area contributed by atoms with Gasteiger partial charge in [-0.2, -0.15) is 0 Å². The molecule has 0 aliphatic carbocycles. The van der Waals surface area contributed by atoms with Gasteiger partial charge in [-0.1, -0.05) is 0 Å². The SMILES string of the molecule is CC(O)OC[C@H](O)[C@@H](O)[C@H](O)[C@H](O)CO. The standard InChI is InChI=1S/C8H18O7/c1-4(10)15-3-6(12)8(14)7(13)5(11)2-9/h4-14H,2-3H2,1H3/t4?,5-,6+,7-,8-/m1/s1. The molecule has 0 aromatic rings. The van der Waals surface area contributed by atoms with E-state index in [1.165, 1.54) is 6.92 Å². The van der Waals surface area contributed by atoms with E-state index in [2.05, 4.69) is 4.74 Å². The van der Waals surface area contributed by atoms with Gasteiger partial charge in [0.1, 0.15) is 24.4 Å². The number of ether oxygens (including phenoxy) is 1. The summed E-state index contributed by atoms with van der Waals surface area (Å²) in [4.78, 5) is 0. The van der Waals surface area contributed by atoms with Crippen LogP contribution in [0.5, 0.6) is 0 Å². The second-order valence-corrected chi connectivity index (χ2v) is 3.23. The van der Waals surface area contributed by atoms with E-state index in [1.807, 2.05) is 0 Å². The maximum atomic E-state index is 9.27. The Morgan fingerprint density at radius 2 is 1.40 bits per heavy atom. The number of hydrogen-bond donors (Lipinski definition) is 6. The molecule has 5 atom stereocenters. The van der Waals surface area contributed by atoms with Crippen LogP contribution in [0.15, 0.2) is 0 Å². The van der Waals surface area contributed by atoms with Crippen LogP contribution in [-0.2, 0) is 4.74 Å². The molecule has 0 fully saturated rings. The molecule has 0 aliphatic heterocycles. The Kier molecular flexibility index (Phi) is 6.94. The maximum absolute atomic E-state index is 9.27. The highest BCUT2D eigenvalue weighted by molar-refractivity contribution is 4.80. The van der Waals surface area contributed by atoms with E-state index < -0.39 is 43.9 Å². The maximum Gasteiger partial charge on any atom is 0.151 e. The first kappa shape index (κ1) is 14.7. The van der Waals surface area contributed by atoms with Gasteiger partial charge in [0, 0.05) is 0 Å². The molecule has 0 spiro atoms. The van der Waals surface area contributed by atoms with Gasteiger partial charge in [0.2, 0.25) is 0 Å². The fraction of sp³-hybridized carbons (Fsp3) is 1.00. The lowest BCUT2D eigenvalue weighted by atomic mass is 10.0. The van der Waals surface area contributed by atoms with Crippen LogP contribution >= 0.6 is 0 Å². The van der Waals surface area contributed by atoms with Crippen LogP contribution in [0.25, 0.3) is 0 Å². The average molecular weight is 226 g/mol. The normalized spacial score (nSPS) is 21.8. The van der Waals surface area contributed by atoms with Crippen LogP contribution in [0.4, 0.5) is 0 Å². The number of rotatable bonds is 7. The van der Waals surface area contributed by atoms with Crippen molar-refractivity contribution in [3.05, 3.63) is 0 Å². The van der Waals surface area contributed by atoms with E-state index in [1.54, 1.807) is 0 Å². The summed E-state index contributed by atoms with van der Waals surface area (Å²) in [5, 5.41) is 53.8. The van der Waals surface area contributed by atoms with E-state index in [-0.39, 0.29) is 0 Å². The molecular weight excluding hydrogens is 208 g/mol. The highest BCUT2D eigenvalue weighted by Crippen LogP contribution is 2.06. The fourth-order valence-electron chi connectivity index (χ4n) is 0.900. The Hall–Kier alpha value is -0.280. The zero-order valence-corrected chi connectivity index (χ0v) is 8.39. The van der Waals surface area contributed by atoms with E-state index in [0.717, 1.165) is 0 Å². The van der Waals surface area contributed by atoms with Gasteiger partial charge in [-0.25, -0.2) is 0 Å². The van der Waals surface area contributed by atoms with E-state index in [9.17, 15) is 15.3 Å². The monoisotopic (exact) mass is 226 g/mol. The van der Waals surface area contributed by atoms with Crippen molar-refractivity contribution in [1.29, 1.82) is 0 Å². The van der Waals surface area contributed by atoms with Crippen LogP contribution < -0.4 is 0 Å². The molecule has 0 aromatic carbocycles. The van der Waals surface area contributed by atoms with Gasteiger partial charge in [-0.3, -0.25) is 0 Å². The highest BCUT2D eigenvalue weighted by Gasteiger charge is 2.30. The second-order valence-electron chi connectivity index (χ2n) is 3.23. The summed E-state index contributed by atoms with van der Waals surface area (Å²) in [6.45, 7) is 0.189. The van der Waals surface area contributed by atoms with Crippen molar-refractivity contribution in [3.8, 4) is 0 Å². The Balaban J connectivity index is 4.01. The summed E-state index contributed by atoms with van der Waals surface area (Å²) >= 11 is 0. The number of aliphatic hydroxyl groups is 6. The topological polar surface area (TPSA) is 131 Å². The van der Waals surface area contributed by atoms with Crippen LogP contribution in [0.1, 0.15) is 6.92 Å². The molecule has 92 valence electrons. The zero-order valence-electron chi connectivity index (χ0n) is 8.39. The van der Waals surface area contributed by atoms with Crippen molar-refractivity contribution < 1.29 is 35.4 Å². The van der Waals surface area contributed by atoms with Gasteiger partial charge >= 0.3 is 0 Å². The molecule has 7 heteroatoms. The largest absolute Gasteiger partial charge is 0.394 e. The first-order chi connectivity index (χ1) is 6.90. The van der Waals surface area contributed by atoms with Gasteiger partial charge in [0.15, 0.2) is 6.29 Å². The molecule has 1 unspecified atom stereocenters. The average Bonchev–Trinajstić information content (AvgIpc) is 2.22. The summed E-state index contributed by atoms with van der Waals surface area (Å²) in [6, 6.07) is 0. The van der Waals surface area contributed by atoms with Gasteiger partial charge in [0.25, 0.3) is 0 Å². The van der Waals surface area contributed by atoms with Crippen molar-refractivity contribution >= 4 is 0 Å². The molecule has 6 N–H and O–H groups in total. The Morgan fingerprint density at radius 1 is 0.933 bits per heavy atom. The third kappa shape index (κ3) is 5.38. The lowest BCUT2D eigenvalue weighted by Crippen LogP contribution is -2.47. The summed E-state index contributed by atoms with van der Waals surface area (Å²) in [7, 11) is 0. The molecule has 0 rings (SSSR count). The Labute approximate surface area is 87.2 Å². The van der Waals surface area contributed by atoms with Gasteiger partial charge < -0.3 is 35.4 Å². The first-order valence-electron chi connectivity index (χ1n) is 4.53. The summed E-state index contributed by atoms with van der Waals surface area (Å²) in [5.41, 5.74) is 0. The third-order valence-electron chi connectivity index (χ3n) is 1.83. The first-order valence-corrected chi connectivity index (χ1v) is 4.53. The van der Waals surface area contributed by atoms with Crippen molar-refractivity contribution in [2.45, 2.75) is 37.6 Å². The van der Waals surface area contributed by atoms with Crippen LogP contribution in [0, 0.1) is 0 Å². The summed E-state index contributed by atoms with van der Waals surface area (Å²) < 4.78 is 4.58. The molecule has 0 radical (unpaired) electrons.